The maximum absolute atomic E-state index is 6.44. The Labute approximate surface area is 88.8 Å². The van der Waals surface area contributed by atoms with Crippen LogP contribution in [0.4, 0.5) is 0 Å². The Hall–Kier alpha value is -0.0800. The van der Waals surface area contributed by atoms with Crippen LogP contribution in [0, 0.1) is 5.92 Å². The number of likely N-dealkylation sites (N-methyl/N-ethyl adjacent to an activating group) is 1. The average Bonchev–Trinajstić information content (AvgIpc) is 2.03. The van der Waals surface area contributed by atoms with E-state index in [0.29, 0.717) is 6.04 Å². The molecule has 0 amide bonds. The predicted molar refractivity (Wildman–Crippen MR) is 62.3 cm³/mol. The molecule has 0 aromatic carbocycles. The van der Waals surface area contributed by atoms with Gasteiger partial charge in [-0.1, -0.05) is 20.3 Å². The van der Waals surface area contributed by atoms with Crippen molar-refractivity contribution in [3.63, 3.8) is 0 Å². The summed E-state index contributed by atoms with van der Waals surface area (Å²) in [6.45, 7) is 4.53. The molecule has 14 heavy (non-hydrogen) atoms. The van der Waals surface area contributed by atoms with Crippen LogP contribution in [0.1, 0.15) is 46.0 Å². The van der Waals surface area contributed by atoms with Crippen LogP contribution in [0.25, 0.3) is 0 Å². The molecule has 2 heteroatoms. The van der Waals surface area contributed by atoms with Crippen molar-refractivity contribution in [3.05, 3.63) is 0 Å². The van der Waals surface area contributed by atoms with Gasteiger partial charge in [-0.2, -0.15) is 0 Å². The van der Waals surface area contributed by atoms with E-state index in [-0.39, 0.29) is 5.54 Å². The number of hydrogen-bond acceptors (Lipinski definition) is 2. The zero-order valence-electron chi connectivity index (χ0n) is 10.2. The summed E-state index contributed by atoms with van der Waals surface area (Å²) in [6, 6.07) is 0.362. The Bertz CT molecular complexity index is 169. The van der Waals surface area contributed by atoms with E-state index >= 15 is 0 Å². The lowest BCUT2D eigenvalue weighted by atomic mass is 9.69. The lowest BCUT2D eigenvalue weighted by molar-refractivity contribution is 0.0559. The van der Waals surface area contributed by atoms with Crippen molar-refractivity contribution in [1.82, 2.24) is 4.90 Å². The number of nitrogens with zero attached hydrogens (tertiary/aromatic N) is 1. The smallest absolute Gasteiger partial charge is 0.0351 e. The van der Waals surface area contributed by atoms with Gasteiger partial charge in [0.15, 0.2) is 0 Å². The minimum atomic E-state index is 0.227. The summed E-state index contributed by atoms with van der Waals surface area (Å²) >= 11 is 0. The second-order valence-electron chi connectivity index (χ2n) is 4.92. The molecule has 84 valence electrons. The average molecular weight is 198 g/mol. The van der Waals surface area contributed by atoms with Gasteiger partial charge in [0.1, 0.15) is 0 Å². The van der Waals surface area contributed by atoms with Crippen LogP contribution in [-0.2, 0) is 0 Å². The van der Waals surface area contributed by atoms with Gasteiger partial charge in [0, 0.05) is 11.6 Å². The van der Waals surface area contributed by atoms with Crippen molar-refractivity contribution in [2.75, 3.05) is 14.1 Å². The largest absolute Gasteiger partial charge is 0.326 e. The molecule has 0 saturated heterocycles. The van der Waals surface area contributed by atoms with Crippen molar-refractivity contribution in [3.8, 4) is 0 Å². The van der Waals surface area contributed by atoms with E-state index in [4.69, 9.17) is 5.73 Å². The van der Waals surface area contributed by atoms with Gasteiger partial charge in [-0.3, -0.25) is 0 Å². The van der Waals surface area contributed by atoms with Crippen molar-refractivity contribution >= 4 is 0 Å². The molecule has 0 bridgehead atoms. The summed E-state index contributed by atoms with van der Waals surface area (Å²) in [5.74, 6) is 0.775. The highest BCUT2D eigenvalue weighted by atomic mass is 15.2. The Morgan fingerprint density at radius 1 is 1.29 bits per heavy atom. The fourth-order valence-corrected chi connectivity index (χ4v) is 2.89. The Morgan fingerprint density at radius 3 is 2.00 bits per heavy atom. The topological polar surface area (TPSA) is 29.3 Å². The van der Waals surface area contributed by atoms with Gasteiger partial charge >= 0.3 is 0 Å². The predicted octanol–water partition coefficient (Wildman–Crippen LogP) is 2.23. The molecule has 0 aromatic heterocycles. The summed E-state index contributed by atoms with van der Waals surface area (Å²) in [5.41, 5.74) is 6.67. The molecule has 1 rings (SSSR count). The van der Waals surface area contributed by atoms with Crippen molar-refractivity contribution < 1.29 is 0 Å². The second kappa shape index (κ2) is 4.63. The zero-order valence-corrected chi connectivity index (χ0v) is 10.2. The molecular weight excluding hydrogens is 172 g/mol. The third-order valence-corrected chi connectivity index (χ3v) is 4.39. The molecule has 1 atom stereocenters. The van der Waals surface area contributed by atoms with Crippen LogP contribution in [0.3, 0.4) is 0 Å². The van der Waals surface area contributed by atoms with Crippen LogP contribution in [0.2, 0.25) is 0 Å². The van der Waals surface area contributed by atoms with Gasteiger partial charge in [-0.15, -0.1) is 0 Å². The molecule has 0 spiro atoms. The van der Waals surface area contributed by atoms with Gasteiger partial charge < -0.3 is 10.6 Å². The highest BCUT2D eigenvalue weighted by molar-refractivity contribution is 5.00. The number of nitrogens with two attached hydrogens (primary N) is 1. The first kappa shape index (κ1) is 12.0. The molecular formula is C12H26N2. The Balaban J connectivity index is 2.73. The summed E-state index contributed by atoms with van der Waals surface area (Å²) in [5, 5.41) is 0. The highest BCUT2D eigenvalue weighted by Gasteiger charge is 2.41. The maximum Gasteiger partial charge on any atom is 0.0351 e. The normalized spacial score (nSPS) is 21.0. The van der Waals surface area contributed by atoms with E-state index in [9.17, 15) is 0 Å². The first-order valence-corrected chi connectivity index (χ1v) is 6.01. The monoisotopic (exact) mass is 198 g/mol. The van der Waals surface area contributed by atoms with Gasteiger partial charge in [0.2, 0.25) is 0 Å². The minimum absolute atomic E-state index is 0.227. The fourth-order valence-electron chi connectivity index (χ4n) is 2.89. The lowest BCUT2D eigenvalue weighted by Gasteiger charge is -2.48. The third-order valence-electron chi connectivity index (χ3n) is 4.39. The molecule has 1 saturated carbocycles. The van der Waals surface area contributed by atoms with Gasteiger partial charge in [-0.25, -0.2) is 0 Å². The molecule has 0 radical (unpaired) electrons. The summed E-state index contributed by atoms with van der Waals surface area (Å²) in [6.07, 6.45) is 6.39. The maximum atomic E-state index is 6.44. The van der Waals surface area contributed by atoms with Crippen LogP contribution >= 0.6 is 0 Å². The summed E-state index contributed by atoms with van der Waals surface area (Å²) in [4.78, 5) is 2.34. The number of rotatable bonds is 5. The summed E-state index contributed by atoms with van der Waals surface area (Å²) < 4.78 is 0. The SMILES string of the molecule is CCC(CC)(C(N)C1CCC1)N(C)C. The standard InChI is InChI=1S/C12H26N2/c1-5-12(6-2,14(3)4)11(13)10-8-7-9-10/h10-11H,5-9,13H2,1-4H3. The Kier molecular flexibility index (Phi) is 3.96. The van der Waals surface area contributed by atoms with Gasteiger partial charge in [0.25, 0.3) is 0 Å². The van der Waals surface area contributed by atoms with E-state index in [0.717, 1.165) is 18.8 Å². The molecule has 1 aliphatic carbocycles. The van der Waals surface area contributed by atoms with Crippen LogP contribution in [0.5, 0.6) is 0 Å². The van der Waals surface area contributed by atoms with Gasteiger partial charge in [-0.05, 0) is 45.7 Å². The van der Waals surface area contributed by atoms with Crippen LogP contribution < -0.4 is 5.73 Å². The van der Waals surface area contributed by atoms with Crippen molar-refractivity contribution in [1.29, 1.82) is 0 Å². The first-order valence-electron chi connectivity index (χ1n) is 6.01. The minimum Gasteiger partial charge on any atom is -0.326 e. The lowest BCUT2D eigenvalue weighted by Crippen LogP contribution is -2.60. The molecule has 2 N–H and O–H groups in total. The van der Waals surface area contributed by atoms with E-state index in [1.807, 2.05) is 0 Å². The van der Waals surface area contributed by atoms with E-state index in [2.05, 4.69) is 32.8 Å². The van der Waals surface area contributed by atoms with E-state index in [1.54, 1.807) is 0 Å². The fraction of sp³-hybridized carbons (Fsp3) is 1.00. The molecule has 1 fully saturated rings. The van der Waals surface area contributed by atoms with E-state index < -0.39 is 0 Å². The molecule has 1 aliphatic rings. The highest BCUT2D eigenvalue weighted by Crippen LogP contribution is 2.37. The van der Waals surface area contributed by atoms with Crippen LogP contribution in [0.15, 0.2) is 0 Å². The first-order chi connectivity index (χ1) is 6.58. The molecule has 0 aromatic rings. The molecule has 0 heterocycles. The second-order valence-corrected chi connectivity index (χ2v) is 4.92. The summed E-state index contributed by atoms with van der Waals surface area (Å²) in [7, 11) is 4.34. The number of hydrogen-bond donors (Lipinski definition) is 1. The molecule has 2 nitrogen and oxygen atoms in total. The zero-order chi connectivity index (χ0) is 10.8. The molecule has 0 aliphatic heterocycles. The molecule has 1 unspecified atom stereocenters. The van der Waals surface area contributed by atoms with Gasteiger partial charge in [0.05, 0.1) is 0 Å². The van der Waals surface area contributed by atoms with Crippen molar-refractivity contribution in [2.24, 2.45) is 11.7 Å². The van der Waals surface area contributed by atoms with Crippen LogP contribution in [-0.4, -0.2) is 30.6 Å². The quantitative estimate of drug-likeness (QED) is 0.734. The third kappa shape index (κ3) is 1.82. The van der Waals surface area contributed by atoms with Crippen molar-refractivity contribution in [2.45, 2.75) is 57.5 Å². The van der Waals surface area contributed by atoms with E-state index in [1.165, 1.54) is 19.3 Å². The Morgan fingerprint density at radius 2 is 1.79 bits per heavy atom.